The normalized spacial score (nSPS) is 16.4. The average Bonchev–Trinajstić information content (AvgIpc) is 2.51. The Labute approximate surface area is 158 Å². The lowest BCUT2D eigenvalue weighted by Crippen LogP contribution is -2.53. The zero-order valence-electron chi connectivity index (χ0n) is 16.5. The molecule has 1 aromatic rings. The lowest BCUT2D eigenvalue weighted by Gasteiger charge is -2.43. The summed E-state index contributed by atoms with van der Waals surface area (Å²) < 4.78 is 49.6. The van der Waals surface area contributed by atoms with E-state index in [1.54, 1.807) is 20.8 Å². The third-order valence-corrected chi connectivity index (χ3v) is 4.34. The maximum Gasteiger partial charge on any atom is 0.410 e. The van der Waals surface area contributed by atoms with Crippen molar-refractivity contribution in [3.05, 3.63) is 34.9 Å². The summed E-state index contributed by atoms with van der Waals surface area (Å²) in [5.41, 5.74) is -0.511. The van der Waals surface area contributed by atoms with Crippen LogP contribution in [0, 0.1) is 17.6 Å². The molecule has 8 heteroatoms. The van der Waals surface area contributed by atoms with Gasteiger partial charge < -0.3 is 23.8 Å². The molecule has 1 aliphatic heterocycles. The number of amides is 1. The molecular weight excluding hydrogens is 360 g/mol. The molecule has 1 heterocycles. The molecule has 1 atom stereocenters. The number of hydrogen-bond acceptors (Lipinski definition) is 5. The topological polar surface area (TPSA) is 57.2 Å². The molecule has 6 nitrogen and oxygen atoms in total. The van der Waals surface area contributed by atoms with Gasteiger partial charge in [0.25, 0.3) is 0 Å². The molecule has 1 unspecified atom stereocenters. The Hall–Kier alpha value is -1.77. The number of hydrogen-bond donors (Lipinski definition) is 0. The van der Waals surface area contributed by atoms with Gasteiger partial charge in [0.2, 0.25) is 0 Å². The quantitative estimate of drug-likeness (QED) is 0.695. The zero-order chi connectivity index (χ0) is 20.4. The first-order valence-electron chi connectivity index (χ1n) is 8.66. The highest BCUT2D eigenvalue weighted by molar-refractivity contribution is 5.69. The fourth-order valence-corrected chi connectivity index (χ4v) is 3.11. The Balaban J connectivity index is 2.12. The molecule has 1 fully saturated rings. The van der Waals surface area contributed by atoms with Gasteiger partial charge in [-0.05, 0) is 38.5 Å². The maximum absolute atomic E-state index is 14.5. The highest BCUT2D eigenvalue weighted by atomic mass is 19.1. The van der Waals surface area contributed by atoms with Crippen LogP contribution in [0.2, 0.25) is 0 Å². The van der Waals surface area contributed by atoms with Gasteiger partial charge in [-0.15, -0.1) is 0 Å². The maximum atomic E-state index is 14.5. The largest absolute Gasteiger partial charge is 0.444 e. The summed E-state index contributed by atoms with van der Waals surface area (Å²) in [6.07, 6.45) is -2.10. The van der Waals surface area contributed by atoms with Crippen molar-refractivity contribution >= 4 is 6.09 Å². The molecular formula is C19H27F2NO5. The molecule has 152 valence electrons. The highest BCUT2D eigenvalue weighted by Crippen LogP contribution is 2.36. The Morgan fingerprint density at radius 2 is 1.59 bits per heavy atom. The molecule has 0 aliphatic carbocycles. The van der Waals surface area contributed by atoms with E-state index in [2.05, 4.69) is 0 Å². The molecule has 1 aromatic carbocycles. The molecule has 0 spiro atoms. The van der Waals surface area contributed by atoms with Crippen molar-refractivity contribution in [1.82, 2.24) is 4.90 Å². The van der Waals surface area contributed by atoms with Crippen LogP contribution in [0.25, 0.3) is 0 Å². The van der Waals surface area contributed by atoms with Gasteiger partial charge in [0.05, 0.1) is 11.7 Å². The van der Waals surface area contributed by atoms with Crippen LogP contribution in [0.3, 0.4) is 0 Å². The minimum atomic E-state index is -1.13. The molecule has 0 aromatic heterocycles. The van der Waals surface area contributed by atoms with Crippen molar-refractivity contribution in [2.75, 3.05) is 34.4 Å². The van der Waals surface area contributed by atoms with Crippen molar-refractivity contribution in [2.24, 2.45) is 5.92 Å². The van der Waals surface area contributed by atoms with Crippen LogP contribution < -0.4 is 0 Å². The first kappa shape index (κ1) is 21.5. The van der Waals surface area contributed by atoms with Gasteiger partial charge in [-0.1, -0.05) is 0 Å². The molecule has 0 N–H and O–H groups in total. The van der Waals surface area contributed by atoms with Crippen molar-refractivity contribution in [2.45, 2.75) is 38.8 Å². The molecule has 1 amide bonds. The second kappa shape index (κ2) is 8.50. The van der Waals surface area contributed by atoms with Gasteiger partial charge in [-0.25, -0.2) is 13.6 Å². The lowest BCUT2D eigenvalue weighted by molar-refractivity contribution is -0.109. The van der Waals surface area contributed by atoms with Gasteiger partial charge in [0, 0.05) is 40.3 Å². The van der Waals surface area contributed by atoms with Crippen LogP contribution in [0.1, 0.15) is 44.3 Å². The van der Waals surface area contributed by atoms with E-state index in [1.807, 2.05) is 0 Å². The summed E-state index contributed by atoms with van der Waals surface area (Å²) in [6.45, 7) is 6.15. The molecule has 0 saturated carbocycles. The summed E-state index contributed by atoms with van der Waals surface area (Å²) in [5.74, 6) is -1.64. The second-order valence-corrected chi connectivity index (χ2v) is 7.50. The van der Waals surface area contributed by atoms with Gasteiger partial charge in [0.1, 0.15) is 17.2 Å². The number of halogens is 2. The highest BCUT2D eigenvalue weighted by Gasteiger charge is 2.39. The molecule has 27 heavy (non-hydrogen) atoms. The number of nitrogens with zero attached hydrogens (tertiary/aromatic N) is 1. The smallest absolute Gasteiger partial charge is 0.410 e. The van der Waals surface area contributed by atoms with Crippen LogP contribution >= 0.6 is 0 Å². The van der Waals surface area contributed by atoms with Gasteiger partial charge in [-0.3, -0.25) is 0 Å². The van der Waals surface area contributed by atoms with Gasteiger partial charge in [0.15, 0.2) is 6.29 Å². The van der Waals surface area contributed by atoms with E-state index in [0.717, 1.165) is 0 Å². The number of methoxy groups -OCH3 is 3. The fourth-order valence-electron chi connectivity index (χ4n) is 3.11. The Kier molecular flexibility index (Phi) is 6.77. The van der Waals surface area contributed by atoms with Crippen LogP contribution in [0.15, 0.2) is 12.1 Å². The summed E-state index contributed by atoms with van der Waals surface area (Å²) in [4.78, 5) is 13.6. The van der Waals surface area contributed by atoms with Crippen LogP contribution in [0.4, 0.5) is 13.6 Å². The van der Waals surface area contributed by atoms with Crippen LogP contribution in [-0.2, 0) is 18.9 Å². The minimum absolute atomic E-state index is 0.0900. The standard InChI is InChI=1S/C19H27F2NO5/c1-19(2,3)27-18(23)22-9-12(10-22)16(24-4)11-7-13(20)15(14(21)8-11)17(25-5)26-6/h7-8,12,16-17H,9-10H2,1-6H3. The predicted octanol–water partition coefficient (Wildman–Crippen LogP) is 3.81. The number of carbonyl (C=O) groups is 1. The first-order valence-corrected chi connectivity index (χ1v) is 8.66. The zero-order valence-corrected chi connectivity index (χ0v) is 16.5. The van der Waals surface area contributed by atoms with Crippen molar-refractivity contribution in [3.8, 4) is 0 Å². The molecule has 0 radical (unpaired) electrons. The van der Waals surface area contributed by atoms with Crippen molar-refractivity contribution < 1.29 is 32.5 Å². The van der Waals surface area contributed by atoms with Crippen molar-refractivity contribution in [1.29, 1.82) is 0 Å². The second-order valence-electron chi connectivity index (χ2n) is 7.50. The Morgan fingerprint density at radius 1 is 1.07 bits per heavy atom. The van der Waals surface area contributed by atoms with Crippen LogP contribution in [-0.4, -0.2) is 51.0 Å². The van der Waals surface area contributed by atoms with Crippen LogP contribution in [0.5, 0.6) is 0 Å². The predicted molar refractivity (Wildman–Crippen MR) is 94.2 cm³/mol. The minimum Gasteiger partial charge on any atom is -0.444 e. The molecule has 2 rings (SSSR count). The third kappa shape index (κ3) is 4.94. The van der Waals surface area contributed by atoms with Gasteiger partial charge >= 0.3 is 6.09 Å². The fraction of sp³-hybridized carbons (Fsp3) is 0.632. The Bertz CT molecular complexity index is 644. The van der Waals surface area contributed by atoms with E-state index in [0.29, 0.717) is 18.7 Å². The SMILES string of the molecule is COC(OC)c1c(F)cc(C(OC)C2CN(C(=O)OC(C)(C)C)C2)cc1F. The van der Waals surface area contributed by atoms with E-state index in [4.69, 9.17) is 18.9 Å². The number of ether oxygens (including phenoxy) is 4. The van der Waals surface area contributed by atoms with E-state index in [1.165, 1.54) is 38.4 Å². The monoisotopic (exact) mass is 387 g/mol. The summed E-state index contributed by atoms with van der Waals surface area (Å²) in [5, 5.41) is 0. The van der Waals surface area contributed by atoms with Gasteiger partial charge in [-0.2, -0.15) is 0 Å². The lowest BCUT2D eigenvalue weighted by atomic mass is 9.88. The summed E-state index contributed by atoms with van der Waals surface area (Å²) in [6, 6.07) is 2.43. The molecule has 1 aliphatic rings. The Morgan fingerprint density at radius 3 is 2.00 bits per heavy atom. The summed E-state index contributed by atoms with van der Waals surface area (Å²) in [7, 11) is 4.08. The molecule has 1 saturated heterocycles. The van der Waals surface area contributed by atoms with E-state index in [9.17, 15) is 13.6 Å². The number of likely N-dealkylation sites (tertiary alicyclic amines) is 1. The number of benzene rings is 1. The van der Waals surface area contributed by atoms with E-state index >= 15 is 0 Å². The molecule has 0 bridgehead atoms. The van der Waals surface area contributed by atoms with E-state index < -0.39 is 35.7 Å². The average molecular weight is 387 g/mol. The van der Waals surface area contributed by atoms with E-state index in [-0.39, 0.29) is 11.5 Å². The number of rotatable bonds is 6. The third-order valence-electron chi connectivity index (χ3n) is 4.34. The number of carbonyl (C=O) groups excluding carboxylic acids is 1. The summed E-state index contributed by atoms with van der Waals surface area (Å²) >= 11 is 0. The van der Waals surface area contributed by atoms with Crippen molar-refractivity contribution in [3.63, 3.8) is 0 Å². The first-order chi connectivity index (χ1) is 12.6.